The number of nitrogens with zero attached hydrogens (tertiary/aromatic N) is 2. The number of aromatic nitrogens is 2. The molecule has 0 saturated carbocycles. The first kappa shape index (κ1) is 16.0. The predicted octanol–water partition coefficient (Wildman–Crippen LogP) is 4.08. The van der Waals surface area contributed by atoms with Gasteiger partial charge in [-0.15, -0.1) is 0 Å². The number of nitrogens with one attached hydrogen (secondary N) is 1. The Balaban J connectivity index is 2.28. The van der Waals surface area contributed by atoms with Gasteiger partial charge in [0.2, 0.25) is 0 Å². The molecule has 1 atom stereocenters. The molecule has 2 heterocycles. The lowest BCUT2D eigenvalue weighted by atomic mass is 9.85. The van der Waals surface area contributed by atoms with Crippen LogP contribution in [0.1, 0.15) is 64.3 Å². The standard InChI is InChI=1S/C16H28BrN3/c1-4-13-15(17)14(20(6-3)19-13)12-16(5-2)10-8-7-9-11-18-16/h18H,4-12H2,1-3H3. The van der Waals surface area contributed by atoms with E-state index in [-0.39, 0.29) is 5.54 Å². The lowest BCUT2D eigenvalue weighted by Crippen LogP contribution is -2.46. The molecule has 0 radical (unpaired) electrons. The Morgan fingerprint density at radius 2 is 2.05 bits per heavy atom. The molecule has 2 rings (SSSR count). The molecule has 1 aliphatic rings. The molecule has 1 aromatic heterocycles. The van der Waals surface area contributed by atoms with Crippen LogP contribution in [-0.2, 0) is 19.4 Å². The van der Waals surface area contributed by atoms with Gasteiger partial charge in [-0.3, -0.25) is 4.68 Å². The molecular formula is C16H28BrN3. The van der Waals surface area contributed by atoms with Gasteiger partial charge in [0.1, 0.15) is 0 Å². The average molecular weight is 342 g/mol. The van der Waals surface area contributed by atoms with Crippen LogP contribution in [0.3, 0.4) is 0 Å². The van der Waals surface area contributed by atoms with Crippen LogP contribution in [0.15, 0.2) is 4.47 Å². The zero-order valence-electron chi connectivity index (χ0n) is 13.1. The van der Waals surface area contributed by atoms with Crippen molar-refractivity contribution in [2.75, 3.05) is 6.54 Å². The molecule has 114 valence electrons. The Morgan fingerprint density at radius 3 is 2.70 bits per heavy atom. The van der Waals surface area contributed by atoms with Crippen LogP contribution in [0.4, 0.5) is 0 Å². The molecule has 3 nitrogen and oxygen atoms in total. The first-order valence-corrected chi connectivity index (χ1v) is 8.94. The summed E-state index contributed by atoms with van der Waals surface area (Å²) in [5.74, 6) is 0. The van der Waals surface area contributed by atoms with Crippen molar-refractivity contribution in [2.24, 2.45) is 0 Å². The van der Waals surface area contributed by atoms with Gasteiger partial charge in [-0.05, 0) is 55.1 Å². The van der Waals surface area contributed by atoms with Crippen molar-refractivity contribution in [2.45, 2.75) is 77.8 Å². The molecule has 1 aliphatic heterocycles. The van der Waals surface area contributed by atoms with E-state index in [9.17, 15) is 0 Å². The molecule has 0 bridgehead atoms. The SMILES string of the molecule is CCc1nn(CC)c(CC2(CC)CCCCCN2)c1Br. The average Bonchev–Trinajstić information content (AvgIpc) is 2.66. The molecule has 20 heavy (non-hydrogen) atoms. The lowest BCUT2D eigenvalue weighted by Gasteiger charge is -2.33. The van der Waals surface area contributed by atoms with E-state index in [1.54, 1.807) is 0 Å². The Kier molecular flexibility index (Phi) is 5.67. The molecule has 1 fully saturated rings. The van der Waals surface area contributed by atoms with Crippen molar-refractivity contribution in [1.29, 1.82) is 0 Å². The van der Waals surface area contributed by atoms with Crippen LogP contribution in [0.5, 0.6) is 0 Å². The van der Waals surface area contributed by atoms with Crippen LogP contribution in [0.25, 0.3) is 0 Å². The van der Waals surface area contributed by atoms with Gasteiger partial charge >= 0.3 is 0 Å². The van der Waals surface area contributed by atoms with E-state index < -0.39 is 0 Å². The molecule has 0 aliphatic carbocycles. The van der Waals surface area contributed by atoms with Gasteiger partial charge < -0.3 is 5.32 Å². The fraction of sp³-hybridized carbons (Fsp3) is 0.812. The summed E-state index contributed by atoms with van der Waals surface area (Å²) in [7, 11) is 0. The van der Waals surface area contributed by atoms with E-state index in [1.807, 2.05) is 0 Å². The zero-order valence-corrected chi connectivity index (χ0v) is 14.7. The Morgan fingerprint density at radius 1 is 1.25 bits per heavy atom. The van der Waals surface area contributed by atoms with Gasteiger partial charge in [0.15, 0.2) is 0 Å². The predicted molar refractivity (Wildman–Crippen MR) is 88.2 cm³/mol. The highest BCUT2D eigenvalue weighted by Crippen LogP contribution is 2.31. The minimum absolute atomic E-state index is 0.261. The summed E-state index contributed by atoms with van der Waals surface area (Å²) >= 11 is 3.79. The third kappa shape index (κ3) is 3.28. The maximum atomic E-state index is 4.74. The first-order chi connectivity index (χ1) is 9.65. The monoisotopic (exact) mass is 341 g/mol. The molecule has 1 saturated heterocycles. The lowest BCUT2D eigenvalue weighted by molar-refractivity contribution is 0.294. The van der Waals surface area contributed by atoms with Crippen LogP contribution >= 0.6 is 15.9 Å². The van der Waals surface area contributed by atoms with Crippen molar-refractivity contribution in [1.82, 2.24) is 15.1 Å². The van der Waals surface area contributed by atoms with Crippen molar-refractivity contribution in [3.05, 3.63) is 15.9 Å². The quantitative estimate of drug-likeness (QED) is 0.874. The number of rotatable bonds is 5. The summed E-state index contributed by atoms with van der Waals surface area (Å²) in [6.45, 7) is 8.79. The van der Waals surface area contributed by atoms with E-state index in [2.05, 4.69) is 46.7 Å². The largest absolute Gasteiger partial charge is 0.311 e. The van der Waals surface area contributed by atoms with Crippen LogP contribution in [-0.4, -0.2) is 21.9 Å². The molecule has 0 spiro atoms. The van der Waals surface area contributed by atoms with Crippen molar-refractivity contribution >= 4 is 15.9 Å². The second kappa shape index (κ2) is 7.08. The first-order valence-electron chi connectivity index (χ1n) is 8.15. The van der Waals surface area contributed by atoms with Crippen molar-refractivity contribution < 1.29 is 0 Å². The smallest absolute Gasteiger partial charge is 0.0766 e. The topological polar surface area (TPSA) is 29.9 Å². The molecule has 1 aromatic rings. The van der Waals surface area contributed by atoms with E-state index >= 15 is 0 Å². The number of hydrogen-bond acceptors (Lipinski definition) is 2. The summed E-state index contributed by atoms with van der Waals surface area (Å²) in [6, 6.07) is 0. The minimum Gasteiger partial charge on any atom is -0.311 e. The Hall–Kier alpha value is -0.350. The van der Waals surface area contributed by atoms with Gasteiger partial charge in [-0.2, -0.15) is 5.10 Å². The molecular weight excluding hydrogens is 314 g/mol. The van der Waals surface area contributed by atoms with Crippen LogP contribution < -0.4 is 5.32 Å². The molecule has 1 N–H and O–H groups in total. The fourth-order valence-electron chi connectivity index (χ4n) is 3.29. The van der Waals surface area contributed by atoms with Crippen molar-refractivity contribution in [3.63, 3.8) is 0 Å². The number of aryl methyl sites for hydroxylation is 2. The van der Waals surface area contributed by atoms with Gasteiger partial charge in [-0.25, -0.2) is 0 Å². The number of hydrogen-bond donors (Lipinski definition) is 1. The maximum absolute atomic E-state index is 4.74. The second-order valence-electron chi connectivity index (χ2n) is 5.92. The van der Waals surface area contributed by atoms with E-state index in [4.69, 9.17) is 5.10 Å². The Labute approximate surface area is 131 Å². The van der Waals surface area contributed by atoms with E-state index in [0.29, 0.717) is 0 Å². The summed E-state index contributed by atoms with van der Waals surface area (Å²) in [5, 5.41) is 8.58. The molecule has 1 unspecified atom stereocenters. The highest BCUT2D eigenvalue weighted by molar-refractivity contribution is 9.10. The van der Waals surface area contributed by atoms with Crippen molar-refractivity contribution in [3.8, 4) is 0 Å². The Bertz CT molecular complexity index is 431. The second-order valence-corrected chi connectivity index (χ2v) is 6.72. The molecule has 0 amide bonds. The number of halogens is 1. The van der Waals surface area contributed by atoms with E-state index in [1.165, 1.54) is 48.0 Å². The van der Waals surface area contributed by atoms with Gasteiger partial charge in [0, 0.05) is 18.5 Å². The van der Waals surface area contributed by atoms with E-state index in [0.717, 1.165) is 25.9 Å². The summed E-state index contributed by atoms with van der Waals surface area (Å²) in [5.41, 5.74) is 2.83. The van der Waals surface area contributed by atoms with Gasteiger partial charge in [-0.1, -0.05) is 26.7 Å². The fourth-order valence-corrected chi connectivity index (χ4v) is 4.00. The third-order valence-electron chi connectivity index (χ3n) is 4.71. The molecule has 0 aromatic carbocycles. The van der Waals surface area contributed by atoms with Crippen LogP contribution in [0.2, 0.25) is 0 Å². The highest BCUT2D eigenvalue weighted by atomic mass is 79.9. The van der Waals surface area contributed by atoms with Crippen LogP contribution in [0, 0.1) is 0 Å². The minimum atomic E-state index is 0.261. The summed E-state index contributed by atoms with van der Waals surface area (Å²) < 4.78 is 3.42. The highest BCUT2D eigenvalue weighted by Gasteiger charge is 2.31. The molecule has 4 heteroatoms. The maximum Gasteiger partial charge on any atom is 0.0766 e. The van der Waals surface area contributed by atoms with Gasteiger partial charge in [0.05, 0.1) is 15.9 Å². The summed E-state index contributed by atoms with van der Waals surface area (Å²) in [6.07, 6.45) is 8.58. The third-order valence-corrected chi connectivity index (χ3v) is 5.62. The summed E-state index contributed by atoms with van der Waals surface area (Å²) in [4.78, 5) is 0. The van der Waals surface area contributed by atoms with Gasteiger partial charge in [0.25, 0.3) is 0 Å². The zero-order chi connectivity index (χ0) is 14.6. The normalized spacial score (nSPS) is 23.8.